The molecule has 1 saturated heterocycles. The van der Waals surface area contributed by atoms with E-state index in [0.29, 0.717) is 11.8 Å². The molecule has 1 aromatic heterocycles. The van der Waals surface area contributed by atoms with Gasteiger partial charge in [-0.15, -0.1) is 10.2 Å². The van der Waals surface area contributed by atoms with Gasteiger partial charge < -0.3 is 9.32 Å². The number of rotatable bonds is 3. The van der Waals surface area contributed by atoms with Crippen molar-refractivity contribution in [2.24, 2.45) is 0 Å². The fourth-order valence-corrected chi connectivity index (χ4v) is 2.50. The van der Waals surface area contributed by atoms with E-state index in [0.717, 1.165) is 37.7 Å². The molecule has 0 radical (unpaired) electrons. The molecule has 0 bridgehead atoms. The summed E-state index contributed by atoms with van der Waals surface area (Å²) in [5.74, 6) is 2.50. The summed E-state index contributed by atoms with van der Waals surface area (Å²) in [5, 5.41) is 8.30. The Labute approximate surface area is 112 Å². The van der Waals surface area contributed by atoms with Crippen LogP contribution in [0.25, 0.3) is 0 Å². The number of likely N-dealkylation sites (tertiary alicyclic amines) is 1. The first-order valence-electron chi connectivity index (χ1n) is 7.03. The third-order valence-corrected chi connectivity index (χ3v) is 3.85. The first-order chi connectivity index (χ1) is 9.28. The van der Waals surface area contributed by atoms with Gasteiger partial charge in [-0.05, 0) is 38.7 Å². The lowest BCUT2D eigenvalue weighted by atomic mass is 9.97. The van der Waals surface area contributed by atoms with E-state index in [1.54, 1.807) is 12.2 Å². The van der Waals surface area contributed by atoms with Gasteiger partial charge in [0.1, 0.15) is 0 Å². The van der Waals surface area contributed by atoms with Gasteiger partial charge >= 0.3 is 0 Å². The van der Waals surface area contributed by atoms with E-state index in [9.17, 15) is 4.79 Å². The summed E-state index contributed by atoms with van der Waals surface area (Å²) in [7, 11) is 0. The summed E-state index contributed by atoms with van der Waals surface area (Å²) < 4.78 is 5.75. The lowest BCUT2D eigenvalue weighted by Crippen LogP contribution is -2.36. The number of hydrogen-bond acceptors (Lipinski definition) is 4. The van der Waals surface area contributed by atoms with Gasteiger partial charge in [-0.2, -0.15) is 0 Å². The predicted octanol–water partition coefficient (Wildman–Crippen LogP) is 2.23. The van der Waals surface area contributed by atoms with Crippen molar-refractivity contribution < 1.29 is 9.21 Å². The van der Waals surface area contributed by atoms with Crippen LogP contribution in [0.1, 0.15) is 56.2 Å². The fourth-order valence-electron chi connectivity index (χ4n) is 2.50. The molecule has 0 aromatic carbocycles. The molecule has 102 valence electrons. The summed E-state index contributed by atoms with van der Waals surface area (Å²) in [5.41, 5.74) is 0. The van der Waals surface area contributed by atoms with Crippen LogP contribution in [0.2, 0.25) is 0 Å². The first kappa shape index (κ1) is 12.4. The van der Waals surface area contributed by atoms with Crippen LogP contribution in [0.3, 0.4) is 0 Å². The molecule has 0 N–H and O–H groups in total. The molecule has 3 rings (SSSR count). The minimum Gasteiger partial charge on any atom is -0.425 e. The van der Waals surface area contributed by atoms with Crippen LogP contribution in [0.4, 0.5) is 0 Å². The average Bonchev–Trinajstić information content (AvgIpc) is 3.17. The molecular formula is C14H19N3O2. The van der Waals surface area contributed by atoms with Crippen LogP contribution in [0, 0.1) is 0 Å². The van der Waals surface area contributed by atoms with Crippen LogP contribution < -0.4 is 0 Å². The quantitative estimate of drug-likeness (QED) is 0.783. The summed E-state index contributed by atoms with van der Waals surface area (Å²) in [4.78, 5) is 13.6. The second kappa shape index (κ2) is 5.15. The molecule has 1 aliphatic carbocycles. The van der Waals surface area contributed by atoms with Gasteiger partial charge in [0.05, 0.1) is 0 Å². The molecule has 1 saturated carbocycles. The Morgan fingerprint density at radius 1 is 1.16 bits per heavy atom. The standard InChI is InChI=1S/C14H19N3O2/c1-2-3-12(18)17-8-6-11(7-9-17)14-16-15-13(19-14)10-4-5-10/h2-3,10-11H,4-9H2,1H3/b3-2+. The maximum absolute atomic E-state index is 11.7. The molecule has 2 fully saturated rings. The lowest BCUT2D eigenvalue weighted by Gasteiger charge is -2.29. The van der Waals surface area contributed by atoms with Gasteiger partial charge in [-0.25, -0.2) is 0 Å². The van der Waals surface area contributed by atoms with E-state index >= 15 is 0 Å². The maximum Gasteiger partial charge on any atom is 0.246 e. The van der Waals surface area contributed by atoms with E-state index in [1.165, 1.54) is 12.8 Å². The molecule has 1 aromatic rings. The zero-order chi connectivity index (χ0) is 13.2. The van der Waals surface area contributed by atoms with E-state index in [2.05, 4.69) is 10.2 Å². The van der Waals surface area contributed by atoms with Crippen LogP contribution >= 0.6 is 0 Å². The number of nitrogens with zero attached hydrogens (tertiary/aromatic N) is 3. The van der Waals surface area contributed by atoms with Crippen LogP contribution in [0.15, 0.2) is 16.6 Å². The second-order valence-electron chi connectivity index (χ2n) is 5.35. The third kappa shape index (κ3) is 2.69. The summed E-state index contributed by atoms with van der Waals surface area (Å²) in [6, 6.07) is 0. The van der Waals surface area contributed by atoms with E-state index in [1.807, 2.05) is 11.8 Å². The largest absolute Gasteiger partial charge is 0.425 e. The summed E-state index contributed by atoms with van der Waals surface area (Å²) in [6.07, 6.45) is 7.59. The minimum atomic E-state index is 0.102. The van der Waals surface area contributed by atoms with Gasteiger partial charge in [-0.3, -0.25) is 4.79 Å². The highest BCUT2D eigenvalue weighted by Gasteiger charge is 2.32. The molecule has 1 aliphatic heterocycles. The number of carbonyl (C=O) groups excluding carboxylic acids is 1. The highest BCUT2D eigenvalue weighted by atomic mass is 16.4. The van der Waals surface area contributed by atoms with Gasteiger partial charge in [0, 0.05) is 24.9 Å². The Bertz CT molecular complexity index is 483. The number of aromatic nitrogens is 2. The van der Waals surface area contributed by atoms with Gasteiger partial charge in [-0.1, -0.05) is 6.08 Å². The second-order valence-corrected chi connectivity index (χ2v) is 5.35. The number of hydrogen-bond donors (Lipinski definition) is 0. The molecule has 0 spiro atoms. The van der Waals surface area contributed by atoms with Gasteiger partial charge in [0.25, 0.3) is 0 Å². The van der Waals surface area contributed by atoms with Crippen molar-refractivity contribution >= 4 is 5.91 Å². The van der Waals surface area contributed by atoms with E-state index in [4.69, 9.17) is 4.42 Å². The SMILES string of the molecule is C/C=C/C(=O)N1CCC(c2nnc(C3CC3)o2)CC1. The third-order valence-electron chi connectivity index (χ3n) is 3.85. The Morgan fingerprint density at radius 3 is 2.26 bits per heavy atom. The highest BCUT2D eigenvalue weighted by Crippen LogP contribution is 2.40. The smallest absolute Gasteiger partial charge is 0.246 e. The van der Waals surface area contributed by atoms with Crippen molar-refractivity contribution in [3.63, 3.8) is 0 Å². The molecule has 5 heteroatoms. The van der Waals surface area contributed by atoms with E-state index < -0.39 is 0 Å². The summed E-state index contributed by atoms with van der Waals surface area (Å²) in [6.45, 7) is 3.41. The van der Waals surface area contributed by atoms with Crippen molar-refractivity contribution in [2.75, 3.05) is 13.1 Å². The number of allylic oxidation sites excluding steroid dienone is 1. The van der Waals surface area contributed by atoms with Gasteiger partial charge in [0.15, 0.2) is 0 Å². The molecule has 5 nitrogen and oxygen atoms in total. The zero-order valence-electron chi connectivity index (χ0n) is 11.2. The Morgan fingerprint density at radius 2 is 1.74 bits per heavy atom. The molecule has 19 heavy (non-hydrogen) atoms. The van der Waals surface area contributed by atoms with Crippen LogP contribution in [-0.2, 0) is 4.79 Å². The van der Waals surface area contributed by atoms with Crippen LogP contribution in [-0.4, -0.2) is 34.1 Å². The monoisotopic (exact) mass is 261 g/mol. The van der Waals surface area contributed by atoms with Gasteiger partial charge in [0.2, 0.25) is 17.7 Å². The normalized spacial score (nSPS) is 21.2. The Balaban J connectivity index is 1.58. The maximum atomic E-state index is 11.7. The molecule has 2 aliphatic rings. The lowest BCUT2D eigenvalue weighted by molar-refractivity contribution is -0.127. The first-order valence-corrected chi connectivity index (χ1v) is 7.03. The Hall–Kier alpha value is -1.65. The minimum absolute atomic E-state index is 0.102. The fraction of sp³-hybridized carbons (Fsp3) is 0.643. The number of piperidine rings is 1. The number of amides is 1. The van der Waals surface area contributed by atoms with Crippen molar-refractivity contribution in [3.8, 4) is 0 Å². The Kier molecular flexibility index (Phi) is 3.36. The molecule has 2 heterocycles. The average molecular weight is 261 g/mol. The van der Waals surface area contributed by atoms with Crippen molar-refractivity contribution in [3.05, 3.63) is 23.9 Å². The van der Waals surface area contributed by atoms with E-state index in [-0.39, 0.29) is 5.91 Å². The summed E-state index contributed by atoms with van der Waals surface area (Å²) >= 11 is 0. The molecule has 0 atom stereocenters. The molecule has 0 unspecified atom stereocenters. The van der Waals surface area contributed by atoms with Crippen molar-refractivity contribution in [2.45, 2.75) is 44.4 Å². The topological polar surface area (TPSA) is 59.2 Å². The van der Waals surface area contributed by atoms with Crippen molar-refractivity contribution in [1.82, 2.24) is 15.1 Å². The highest BCUT2D eigenvalue weighted by molar-refractivity contribution is 5.87. The molecular weight excluding hydrogens is 242 g/mol. The van der Waals surface area contributed by atoms with Crippen LogP contribution in [0.5, 0.6) is 0 Å². The predicted molar refractivity (Wildman–Crippen MR) is 69.6 cm³/mol. The van der Waals surface area contributed by atoms with Crippen molar-refractivity contribution in [1.29, 1.82) is 0 Å². The molecule has 1 amide bonds. The number of carbonyl (C=O) groups is 1. The zero-order valence-corrected chi connectivity index (χ0v) is 11.2.